The van der Waals surface area contributed by atoms with Crippen LogP contribution in [0.5, 0.6) is 5.75 Å². The number of hydrogen-bond acceptors (Lipinski definition) is 3. The zero-order valence-electron chi connectivity index (χ0n) is 9.17. The van der Waals surface area contributed by atoms with Gasteiger partial charge < -0.3 is 10.1 Å². The van der Waals surface area contributed by atoms with Gasteiger partial charge in [-0.3, -0.25) is 0 Å². The quantitative estimate of drug-likeness (QED) is 0.869. The van der Waals surface area contributed by atoms with Crippen LogP contribution in [0.25, 0.3) is 0 Å². The Bertz CT molecular complexity index is 515. The standard InChI is InChI=1S/C12H11BrClNOS/c1-16-11-6-8(2-4-10(11)13)15-7-9-3-5-12(14)17-9/h2-6,15H,7H2,1H3. The maximum absolute atomic E-state index is 5.88. The van der Waals surface area contributed by atoms with E-state index in [2.05, 4.69) is 21.2 Å². The largest absolute Gasteiger partial charge is 0.495 e. The number of anilines is 1. The Balaban J connectivity index is 2.04. The van der Waals surface area contributed by atoms with Crippen LogP contribution in [-0.2, 0) is 6.54 Å². The van der Waals surface area contributed by atoms with E-state index >= 15 is 0 Å². The number of methoxy groups -OCH3 is 1. The zero-order chi connectivity index (χ0) is 12.3. The fourth-order valence-corrected chi connectivity index (χ4v) is 2.84. The Morgan fingerprint density at radius 2 is 2.18 bits per heavy atom. The second kappa shape index (κ2) is 5.76. The molecule has 5 heteroatoms. The van der Waals surface area contributed by atoms with Crippen molar-refractivity contribution in [3.63, 3.8) is 0 Å². The Labute approximate surface area is 118 Å². The average Bonchev–Trinajstić information content (AvgIpc) is 2.74. The molecular weight excluding hydrogens is 322 g/mol. The lowest BCUT2D eigenvalue weighted by Gasteiger charge is -2.08. The van der Waals surface area contributed by atoms with E-state index in [9.17, 15) is 0 Å². The molecule has 0 radical (unpaired) electrons. The molecule has 0 atom stereocenters. The molecule has 2 aromatic rings. The van der Waals surface area contributed by atoms with E-state index in [1.54, 1.807) is 18.4 Å². The molecule has 1 aromatic heterocycles. The first-order valence-corrected chi connectivity index (χ1v) is 6.99. The summed E-state index contributed by atoms with van der Waals surface area (Å²) in [7, 11) is 1.66. The molecule has 0 aliphatic heterocycles. The number of rotatable bonds is 4. The summed E-state index contributed by atoms with van der Waals surface area (Å²) in [5.41, 5.74) is 1.02. The van der Waals surface area contributed by atoms with Crippen LogP contribution >= 0.6 is 38.9 Å². The number of halogens is 2. The normalized spacial score (nSPS) is 10.3. The highest BCUT2D eigenvalue weighted by molar-refractivity contribution is 9.10. The molecule has 1 aromatic carbocycles. The second-order valence-corrected chi connectivity index (χ2v) is 6.06. The highest BCUT2D eigenvalue weighted by Crippen LogP contribution is 2.28. The van der Waals surface area contributed by atoms with Crippen molar-refractivity contribution < 1.29 is 4.74 Å². The van der Waals surface area contributed by atoms with Gasteiger partial charge in [0.1, 0.15) is 5.75 Å². The van der Waals surface area contributed by atoms with Crippen LogP contribution in [0.1, 0.15) is 4.88 Å². The summed E-state index contributed by atoms with van der Waals surface area (Å²) >= 11 is 10.9. The van der Waals surface area contributed by atoms with Crippen molar-refractivity contribution in [1.29, 1.82) is 0 Å². The molecule has 2 nitrogen and oxygen atoms in total. The molecule has 17 heavy (non-hydrogen) atoms. The van der Waals surface area contributed by atoms with Crippen LogP contribution < -0.4 is 10.1 Å². The van der Waals surface area contributed by atoms with Gasteiger partial charge in [-0.05, 0) is 40.2 Å². The van der Waals surface area contributed by atoms with E-state index in [0.717, 1.165) is 26.8 Å². The summed E-state index contributed by atoms with van der Waals surface area (Å²) in [6, 6.07) is 9.85. The Morgan fingerprint density at radius 3 is 2.82 bits per heavy atom. The second-order valence-electron chi connectivity index (χ2n) is 3.41. The molecule has 0 unspecified atom stereocenters. The third-order valence-electron chi connectivity index (χ3n) is 2.25. The zero-order valence-corrected chi connectivity index (χ0v) is 12.3. The van der Waals surface area contributed by atoms with Crippen LogP contribution in [0.4, 0.5) is 5.69 Å². The molecule has 2 rings (SSSR count). The van der Waals surface area contributed by atoms with E-state index in [1.807, 2.05) is 30.3 Å². The minimum absolute atomic E-state index is 0.766. The lowest BCUT2D eigenvalue weighted by molar-refractivity contribution is 0.412. The van der Waals surface area contributed by atoms with Gasteiger partial charge in [0.05, 0.1) is 15.9 Å². The maximum Gasteiger partial charge on any atom is 0.135 e. The van der Waals surface area contributed by atoms with Gasteiger partial charge in [-0.25, -0.2) is 0 Å². The van der Waals surface area contributed by atoms with Gasteiger partial charge in [0, 0.05) is 23.2 Å². The van der Waals surface area contributed by atoms with Crippen molar-refractivity contribution in [2.75, 3.05) is 12.4 Å². The van der Waals surface area contributed by atoms with Gasteiger partial charge in [0.2, 0.25) is 0 Å². The minimum Gasteiger partial charge on any atom is -0.495 e. The molecule has 0 saturated carbocycles. The van der Waals surface area contributed by atoms with E-state index in [4.69, 9.17) is 16.3 Å². The molecule has 90 valence electrons. The molecule has 0 aliphatic rings. The van der Waals surface area contributed by atoms with Gasteiger partial charge in [-0.15, -0.1) is 11.3 Å². The van der Waals surface area contributed by atoms with Gasteiger partial charge >= 0.3 is 0 Å². The van der Waals surface area contributed by atoms with Crippen LogP contribution in [0, 0.1) is 0 Å². The molecule has 0 amide bonds. The van der Waals surface area contributed by atoms with E-state index < -0.39 is 0 Å². The predicted octanol–water partition coefficient (Wildman–Crippen LogP) is 4.78. The van der Waals surface area contributed by atoms with E-state index in [1.165, 1.54) is 4.88 Å². The van der Waals surface area contributed by atoms with Crippen molar-refractivity contribution in [3.05, 3.63) is 44.0 Å². The Morgan fingerprint density at radius 1 is 1.35 bits per heavy atom. The first-order valence-electron chi connectivity index (χ1n) is 5.00. The highest BCUT2D eigenvalue weighted by atomic mass is 79.9. The van der Waals surface area contributed by atoms with Crippen LogP contribution in [0.2, 0.25) is 4.34 Å². The van der Waals surface area contributed by atoms with E-state index in [-0.39, 0.29) is 0 Å². The van der Waals surface area contributed by atoms with E-state index in [0.29, 0.717) is 0 Å². The highest BCUT2D eigenvalue weighted by Gasteiger charge is 2.02. The summed E-state index contributed by atoms with van der Waals surface area (Å²) in [6.45, 7) is 0.766. The van der Waals surface area contributed by atoms with Gasteiger partial charge in [0.25, 0.3) is 0 Å². The first-order chi connectivity index (χ1) is 8.19. The number of benzene rings is 1. The first kappa shape index (κ1) is 12.7. The Hall–Kier alpha value is -0.710. The number of thiophene rings is 1. The number of nitrogens with one attached hydrogen (secondary N) is 1. The van der Waals surface area contributed by atoms with Crippen molar-refractivity contribution in [1.82, 2.24) is 0 Å². The van der Waals surface area contributed by atoms with Crippen molar-refractivity contribution in [3.8, 4) is 5.75 Å². The summed E-state index contributed by atoms with van der Waals surface area (Å²) < 4.78 is 7.00. The van der Waals surface area contributed by atoms with Gasteiger partial charge in [-0.1, -0.05) is 11.6 Å². The van der Waals surface area contributed by atoms with Crippen molar-refractivity contribution in [2.24, 2.45) is 0 Å². The molecule has 0 saturated heterocycles. The van der Waals surface area contributed by atoms with Crippen LogP contribution in [0.3, 0.4) is 0 Å². The molecule has 0 aliphatic carbocycles. The third kappa shape index (κ3) is 3.37. The SMILES string of the molecule is COc1cc(NCc2ccc(Cl)s2)ccc1Br. The number of ether oxygens (including phenoxy) is 1. The molecular formula is C12H11BrClNOS. The summed E-state index contributed by atoms with van der Waals surface area (Å²) in [5, 5.41) is 3.33. The average molecular weight is 333 g/mol. The lowest BCUT2D eigenvalue weighted by Crippen LogP contribution is -1.97. The summed E-state index contributed by atoms with van der Waals surface area (Å²) in [5.74, 6) is 0.819. The van der Waals surface area contributed by atoms with Crippen molar-refractivity contribution >= 4 is 44.6 Å². The van der Waals surface area contributed by atoms with Gasteiger partial charge in [-0.2, -0.15) is 0 Å². The third-order valence-corrected chi connectivity index (χ3v) is 4.13. The monoisotopic (exact) mass is 331 g/mol. The van der Waals surface area contributed by atoms with Crippen LogP contribution in [-0.4, -0.2) is 7.11 Å². The topological polar surface area (TPSA) is 21.3 Å². The summed E-state index contributed by atoms with van der Waals surface area (Å²) in [4.78, 5) is 1.21. The molecule has 1 heterocycles. The minimum atomic E-state index is 0.766. The maximum atomic E-state index is 5.88. The number of hydrogen-bond donors (Lipinski definition) is 1. The smallest absolute Gasteiger partial charge is 0.135 e. The van der Waals surface area contributed by atoms with Crippen LogP contribution in [0.15, 0.2) is 34.8 Å². The predicted molar refractivity (Wildman–Crippen MR) is 77.3 cm³/mol. The fraction of sp³-hybridized carbons (Fsp3) is 0.167. The lowest BCUT2D eigenvalue weighted by atomic mass is 10.3. The molecule has 0 spiro atoms. The molecule has 0 bridgehead atoms. The van der Waals surface area contributed by atoms with Gasteiger partial charge in [0.15, 0.2) is 0 Å². The molecule has 0 fully saturated rings. The van der Waals surface area contributed by atoms with Crippen molar-refractivity contribution in [2.45, 2.75) is 6.54 Å². The molecule has 1 N–H and O–H groups in total. The Kier molecular flexibility index (Phi) is 4.31. The fourth-order valence-electron chi connectivity index (χ4n) is 1.41. The summed E-state index contributed by atoms with van der Waals surface area (Å²) in [6.07, 6.45) is 0.